The fourth-order valence-electron chi connectivity index (χ4n) is 2.87. The van der Waals surface area contributed by atoms with Gasteiger partial charge in [-0.05, 0) is 51.7 Å². The van der Waals surface area contributed by atoms with Crippen molar-refractivity contribution in [2.75, 3.05) is 0 Å². The zero-order chi connectivity index (χ0) is 20.0. The van der Waals surface area contributed by atoms with Gasteiger partial charge in [0.25, 0.3) is 0 Å². The lowest BCUT2D eigenvalue weighted by Crippen LogP contribution is -2.44. The topological polar surface area (TPSA) is 77.5 Å². The zero-order valence-corrected chi connectivity index (χ0v) is 16.3. The summed E-state index contributed by atoms with van der Waals surface area (Å²) in [4.78, 5) is 50.0. The van der Waals surface area contributed by atoms with Crippen LogP contribution in [0, 0.1) is 10.8 Å². The molecule has 5 nitrogen and oxygen atoms in total. The number of Topliss-reactive ketones (excluding diaryl/α,β-unsaturated/α-hetero) is 2. The summed E-state index contributed by atoms with van der Waals surface area (Å²) >= 11 is 0. The van der Waals surface area contributed by atoms with Crippen LogP contribution in [0.4, 0.5) is 0 Å². The molecule has 2 unspecified atom stereocenters. The van der Waals surface area contributed by atoms with E-state index in [1.54, 1.807) is 0 Å². The summed E-state index contributed by atoms with van der Waals surface area (Å²) in [6.07, 6.45) is 1.55. The lowest BCUT2D eigenvalue weighted by atomic mass is 9.77. The van der Waals surface area contributed by atoms with Crippen LogP contribution in [0.5, 0.6) is 0 Å². The number of ether oxygens (including phenoxy) is 1. The van der Waals surface area contributed by atoms with E-state index in [4.69, 9.17) is 4.74 Å². The summed E-state index contributed by atoms with van der Waals surface area (Å²) in [5.74, 6) is -2.81. The number of carbonyl (C=O) groups excluding carboxylic acids is 4. The van der Waals surface area contributed by atoms with E-state index in [1.165, 1.54) is 27.7 Å². The molecule has 0 aromatic carbocycles. The summed E-state index contributed by atoms with van der Waals surface area (Å²) < 4.78 is 5.03. The van der Waals surface area contributed by atoms with Crippen molar-refractivity contribution in [2.45, 2.75) is 67.2 Å². The van der Waals surface area contributed by atoms with Crippen molar-refractivity contribution < 1.29 is 23.9 Å². The first-order valence-corrected chi connectivity index (χ1v) is 8.55. The monoisotopic (exact) mass is 350 g/mol. The van der Waals surface area contributed by atoms with Crippen LogP contribution in [-0.2, 0) is 23.9 Å². The van der Waals surface area contributed by atoms with Gasteiger partial charge < -0.3 is 4.74 Å². The van der Waals surface area contributed by atoms with Gasteiger partial charge in [-0.2, -0.15) is 0 Å². The van der Waals surface area contributed by atoms with E-state index in [9.17, 15) is 19.2 Å². The number of hydrogen-bond donors (Lipinski definition) is 0. The molecule has 0 amide bonds. The second kappa shape index (κ2) is 8.88. The normalized spacial score (nSPS) is 15.4. The number of ketones is 2. The number of allylic oxidation sites excluding steroid dienone is 2. The van der Waals surface area contributed by atoms with Crippen molar-refractivity contribution >= 4 is 23.5 Å². The molecule has 0 aromatic rings. The molecule has 0 N–H and O–H groups in total. The van der Waals surface area contributed by atoms with E-state index in [1.807, 2.05) is 13.8 Å². The highest BCUT2D eigenvalue weighted by atomic mass is 16.6. The van der Waals surface area contributed by atoms with Gasteiger partial charge in [0.1, 0.15) is 10.8 Å². The summed E-state index contributed by atoms with van der Waals surface area (Å²) in [6, 6.07) is 0. The van der Waals surface area contributed by atoms with Crippen LogP contribution in [0.1, 0.15) is 67.2 Å². The highest BCUT2D eigenvalue weighted by molar-refractivity contribution is 6.16. The molecule has 0 aliphatic heterocycles. The predicted molar refractivity (Wildman–Crippen MR) is 96.8 cm³/mol. The van der Waals surface area contributed by atoms with E-state index >= 15 is 0 Å². The maximum absolute atomic E-state index is 12.6. The molecule has 0 spiro atoms. The Kier molecular flexibility index (Phi) is 8.16. The molecule has 0 aliphatic rings. The summed E-state index contributed by atoms with van der Waals surface area (Å²) in [6.45, 7) is 16.7. The van der Waals surface area contributed by atoms with Gasteiger partial charge in [-0.15, -0.1) is 0 Å². The molecule has 0 rings (SSSR count). The molecule has 0 radical (unpaired) electrons. The first kappa shape index (κ1) is 23.0. The highest BCUT2D eigenvalue weighted by Crippen LogP contribution is 2.33. The first-order valence-electron chi connectivity index (χ1n) is 8.55. The van der Waals surface area contributed by atoms with Gasteiger partial charge in [-0.3, -0.25) is 19.2 Å². The molecule has 0 aliphatic carbocycles. The number of rotatable bonds is 10. The molecule has 0 bridgehead atoms. The Morgan fingerprint density at radius 1 is 0.760 bits per heavy atom. The average molecular weight is 350 g/mol. The van der Waals surface area contributed by atoms with Crippen molar-refractivity contribution in [2.24, 2.45) is 10.8 Å². The Hall–Kier alpha value is -2.04. The lowest BCUT2D eigenvalue weighted by Gasteiger charge is -2.29. The Labute approximate surface area is 150 Å². The van der Waals surface area contributed by atoms with Crippen molar-refractivity contribution in [3.05, 3.63) is 24.3 Å². The van der Waals surface area contributed by atoms with Crippen LogP contribution in [0.15, 0.2) is 24.3 Å². The van der Waals surface area contributed by atoms with Crippen molar-refractivity contribution in [1.29, 1.82) is 0 Å². The molecule has 0 saturated heterocycles. The predicted octanol–water partition coefficient (Wildman–Crippen LogP) is 3.96. The smallest absolute Gasteiger partial charge is 0.327 e. The van der Waals surface area contributed by atoms with Crippen LogP contribution in [0.3, 0.4) is 0 Å². The zero-order valence-electron chi connectivity index (χ0n) is 16.3. The minimum Gasteiger partial charge on any atom is -0.392 e. The van der Waals surface area contributed by atoms with Gasteiger partial charge in [-0.1, -0.05) is 39.8 Å². The van der Waals surface area contributed by atoms with E-state index < -0.39 is 34.3 Å². The van der Waals surface area contributed by atoms with Gasteiger partial charge >= 0.3 is 11.9 Å². The van der Waals surface area contributed by atoms with E-state index in [0.29, 0.717) is 12.8 Å². The fraction of sp³-hybridized carbons (Fsp3) is 0.600. The van der Waals surface area contributed by atoms with E-state index in [0.717, 1.165) is 0 Å². The minimum absolute atomic E-state index is 0.217. The quantitative estimate of drug-likeness (QED) is 0.338. The molecule has 140 valence electrons. The third-order valence-corrected chi connectivity index (χ3v) is 4.36. The maximum Gasteiger partial charge on any atom is 0.327 e. The molecule has 0 saturated carbocycles. The average Bonchev–Trinajstić information content (AvgIpc) is 2.52. The molecule has 5 heteroatoms. The van der Waals surface area contributed by atoms with Gasteiger partial charge in [-0.25, -0.2) is 0 Å². The van der Waals surface area contributed by atoms with E-state index in [2.05, 4.69) is 13.2 Å². The Bertz CT molecular complexity index is 549. The largest absolute Gasteiger partial charge is 0.392 e. The summed E-state index contributed by atoms with van der Waals surface area (Å²) in [7, 11) is 0. The van der Waals surface area contributed by atoms with Crippen LogP contribution in [0.2, 0.25) is 0 Å². The highest BCUT2D eigenvalue weighted by Gasteiger charge is 2.47. The standard InChI is InChI=1S/C20H30O5/c1-9-11-19(7,15(21)13(3)4)17(23)25-18(24)20(8,12-10-2)16(22)14(5)6/h3,5,9-12H2,1-2,4,6-8H3. The molecular weight excluding hydrogens is 320 g/mol. The number of esters is 2. The Morgan fingerprint density at radius 3 is 1.24 bits per heavy atom. The third kappa shape index (κ3) is 4.97. The molecule has 0 fully saturated rings. The fourth-order valence-corrected chi connectivity index (χ4v) is 2.87. The van der Waals surface area contributed by atoms with E-state index in [-0.39, 0.29) is 24.0 Å². The second-order valence-electron chi connectivity index (χ2n) is 7.06. The van der Waals surface area contributed by atoms with Crippen LogP contribution in [0.25, 0.3) is 0 Å². The molecule has 0 aromatic heterocycles. The SMILES string of the molecule is C=C(C)C(=O)C(C)(CCC)C(=O)OC(=O)C(C)(CCC)C(=O)C(=C)C. The van der Waals surface area contributed by atoms with Crippen molar-refractivity contribution in [3.8, 4) is 0 Å². The summed E-state index contributed by atoms with van der Waals surface area (Å²) in [5.41, 5.74) is -2.55. The van der Waals surface area contributed by atoms with Crippen LogP contribution >= 0.6 is 0 Å². The third-order valence-electron chi connectivity index (χ3n) is 4.36. The molecule has 0 heterocycles. The molecule has 25 heavy (non-hydrogen) atoms. The Balaban J connectivity index is 5.70. The number of carbonyl (C=O) groups is 4. The lowest BCUT2D eigenvalue weighted by molar-refractivity contribution is -0.174. The Morgan fingerprint density at radius 2 is 1.04 bits per heavy atom. The van der Waals surface area contributed by atoms with Gasteiger partial charge in [0, 0.05) is 0 Å². The number of hydrogen-bond acceptors (Lipinski definition) is 5. The van der Waals surface area contributed by atoms with Crippen LogP contribution in [-0.4, -0.2) is 23.5 Å². The maximum atomic E-state index is 12.6. The molecule has 2 atom stereocenters. The minimum atomic E-state index is -1.49. The van der Waals surface area contributed by atoms with Gasteiger partial charge in [0.15, 0.2) is 11.6 Å². The van der Waals surface area contributed by atoms with Gasteiger partial charge in [0.2, 0.25) is 0 Å². The second-order valence-corrected chi connectivity index (χ2v) is 7.06. The van der Waals surface area contributed by atoms with Crippen molar-refractivity contribution in [3.63, 3.8) is 0 Å². The van der Waals surface area contributed by atoms with Crippen LogP contribution < -0.4 is 0 Å². The molecular formula is C20H30O5. The first-order chi connectivity index (χ1) is 11.4. The van der Waals surface area contributed by atoms with Crippen molar-refractivity contribution in [1.82, 2.24) is 0 Å². The van der Waals surface area contributed by atoms with Gasteiger partial charge in [0.05, 0.1) is 0 Å². The summed E-state index contributed by atoms with van der Waals surface area (Å²) in [5, 5.41) is 0.